The van der Waals surface area contributed by atoms with Crippen LogP contribution in [0.4, 0.5) is 18.9 Å². The summed E-state index contributed by atoms with van der Waals surface area (Å²) in [6.45, 7) is 1.51. The van der Waals surface area contributed by atoms with Gasteiger partial charge in [-0.25, -0.2) is 4.79 Å². The molecule has 0 aliphatic carbocycles. The maximum absolute atomic E-state index is 12.4. The van der Waals surface area contributed by atoms with Crippen molar-refractivity contribution < 1.29 is 52.9 Å². The summed E-state index contributed by atoms with van der Waals surface area (Å²) in [7, 11) is 1.97. The second kappa shape index (κ2) is 9.99. The average Bonchev–Trinajstić information content (AvgIpc) is 2.54. The Balaban J connectivity index is 0.00000364. The molecule has 1 saturated heterocycles. The number of hydrogen-bond acceptors (Lipinski definition) is 5. The first kappa shape index (κ1) is 23.3. The van der Waals surface area contributed by atoms with Gasteiger partial charge in [0.2, 0.25) is 5.91 Å². The smallest absolute Gasteiger partial charge is 1.00 e. The molecule has 0 unspecified atom stereocenters. The number of likely N-dealkylation sites (N-methyl/N-ethyl adjacent to an activating group) is 1. The number of nitrogens with zero attached hydrogens (tertiary/aromatic N) is 2. The van der Waals surface area contributed by atoms with E-state index in [-0.39, 0.29) is 43.8 Å². The van der Waals surface area contributed by atoms with E-state index in [2.05, 4.69) is 15.0 Å². The fourth-order valence-corrected chi connectivity index (χ4v) is 2.44. The fourth-order valence-electron chi connectivity index (χ4n) is 2.44. The van der Waals surface area contributed by atoms with Crippen LogP contribution in [0, 0.1) is 0 Å². The number of anilines is 1. The van der Waals surface area contributed by atoms with E-state index in [1.165, 1.54) is 0 Å². The van der Waals surface area contributed by atoms with Crippen molar-refractivity contribution in [3.63, 3.8) is 0 Å². The molecule has 0 bridgehead atoms. The molecule has 2 rings (SSSR count). The van der Waals surface area contributed by atoms with Gasteiger partial charge < -0.3 is 21.5 Å². The molecule has 27 heavy (non-hydrogen) atoms. The monoisotopic (exact) mass is 383 g/mol. The van der Waals surface area contributed by atoms with Crippen LogP contribution in [0.25, 0.3) is 0 Å². The van der Waals surface area contributed by atoms with Gasteiger partial charge in [0.1, 0.15) is 5.75 Å². The van der Waals surface area contributed by atoms with Crippen molar-refractivity contribution in [2.45, 2.75) is 6.18 Å². The predicted molar refractivity (Wildman–Crippen MR) is 88.6 cm³/mol. The molecule has 0 spiro atoms. The number of carboxylic acid groups (broad SMARTS) is 1. The van der Waals surface area contributed by atoms with Crippen LogP contribution in [0.15, 0.2) is 18.2 Å². The van der Waals surface area contributed by atoms with Crippen LogP contribution < -0.4 is 28.9 Å². The van der Waals surface area contributed by atoms with E-state index in [1.54, 1.807) is 0 Å². The summed E-state index contributed by atoms with van der Waals surface area (Å²) in [5.74, 6) is -1.95. The second-order valence-electron chi connectivity index (χ2n) is 6.05. The van der Waals surface area contributed by atoms with E-state index < -0.39 is 24.7 Å². The van der Waals surface area contributed by atoms with Crippen LogP contribution in [0.3, 0.4) is 0 Å². The van der Waals surface area contributed by atoms with Crippen LogP contribution in [-0.4, -0.2) is 79.3 Å². The molecule has 0 atom stereocenters. The average molecular weight is 383 g/mol. The topological polar surface area (TPSA) is 82.1 Å². The van der Waals surface area contributed by atoms with E-state index in [9.17, 15) is 22.8 Å². The number of carbonyl (C=O) groups is 2. The van der Waals surface area contributed by atoms with Crippen molar-refractivity contribution in [3.05, 3.63) is 23.8 Å². The van der Waals surface area contributed by atoms with E-state index in [4.69, 9.17) is 5.11 Å². The number of carbonyl (C=O) groups excluding carboxylic acids is 1. The van der Waals surface area contributed by atoms with Gasteiger partial charge in [0.05, 0.1) is 17.8 Å². The number of nitrogens with one attached hydrogen (secondary N) is 1. The van der Waals surface area contributed by atoms with Crippen molar-refractivity contribution >= 4 is 17.6 Å². The van der Waals surface area contributed by atoms with Crippen molar-refractivity contribution in [1.82, 2.24) is 9.80 Å². The Labute approximate surface area is 168 Å². The molecule has 1 aromatic carbocycles. The Morgan fingerprint density at radius 1 is 1.26 bits per heavy atom. The van der Waals surface area contributed by atoms with Crippen LogP contribution in [0.1, 0.15) is 11.8 Å². The molecule has 7 nitrogen and oxygen atoms in total. The first-order valence-corrected chi connectivity index (χ1v) is 7.92. The van der Waals surface area contributed by atoms with Crippen LogP contribution in [0.5, 0.6) is 5.75 Å². The number of amides is 1. The summed E-state index contributed by atoms with van der Waals surface area (Å²) in [6, 6.07) is 3.29. The van der Waals surface area contributed by atoms with E-state index in [0.29, 0.717) is 13.1 Å². The molecule has 0 saturated carbocycles. The fraction of sp³-hybridized carbons (Fsp3) is 0.500. The number of rotatable bonds is 6. The zero-order chi connectivity index (χ0) is 19.3. The van der Waals surface area contributed by atoms with Crippen LogP contribution >= 0.6 is 0 Å². The molecule has 1 aromatic rings. The second-order valence-corrected chi connectivity index (χ2v) is 6.05. The SMILES string of the molecule is CN1CCN(CC(=O)Nc2cc(C(=O)O)ccc2OCC(F)(F)F)CC1.[H-].[Li+]. The van der Waals surface area contributed by atoms with Gasteiger partial charge in [-0.15, -0.1) is 0 Å². The van der Waals surface area contributed by atoms with E-state index in [1.807, 2.05) is 11.9 Å². The molecule has 146 valence electrons. The summed E-state index contributed by atoms with van der Waals surface area (Å²) in [4.78, 5) is 27.3. The molecule has 0 aromatic heterocycles. The van der Waals surface area contributed by atoms with E-state index >= 15 is 0 Å². The molecule has 1 aliphatic heterocycles. The third-order valence-corrected chi connectivity index (χ3v) is 3.86. The Morgan fingerprint density at radius 2 is 1.89 bits per heavy atom. The van der Waals surface area contributed by atoms with Gasteiger partial charge >= 0.3 is 31.0 Å². The third-order valence-electron chi connectivity index (χ3n) is 3.86. The number of carboxylic acids is 1. The molecular formula is C16H21F3LiN3O4. The Kier molecular flexibility index (Phi) is 8.62. The molecule has 11 heteroatoms. The van der Waals surface area contributed by atoms with E-state index in [0.717, 1.165) is 31.3 Å². The van der Waals surface area contributed by atoms with Crippen molar-refractivity contribution in [2.24, 2.45) is 0 Å². The van der Waals surface area contributed by atoms with Gasteiger partial charge in [-0.05, 0) is 25.2 Å². The molecular weight excluding hydrogens is 362 g/mol. The molecule has 1 amide bonds. The minimum Gasteiger partial charge on any atom is -1.00 e. The number of hydrogen-bond donors (Lipinski definition) is 2. The van der Waals surface area contributed by atoms with Gasteiger partial charge in [-0.3, -0.25) is 9.69 Å². The van der Waals surface area contributed by atoms with Crippen LogP contribution in [-0.2, 0) is 4.79 Å². The number of piperazine rings is 1. The summed E-state index contributed by atoms with van der Waals surface area (Å²) < 4.78 is 41.8. The summed E-state index contributed by atoms with van der Waals surface area (Å²) in [5, 5.41) is 11.5. The molecule has 1 fully saturated rings. The predicted octanol–water partition coefficient (Wildman–Crippen LogP) is -1.37. The van der Waals surface area contributed by atoms with Gasteiger partial charge in [-0.1, -0.05) is 0 Å². The number of ether oxygens (including phenoxy) is 1. The maximum Gasteiger partial charge on any atom is 1.00 e. The minimum absolute atomic E-state index is 0. The number of aromatic carboxylic acids is 1. The van der Waals surface area contributed by atoms with Gasteiger partial charge in [0.15, 0.2) is 6.61 Å². The minimum atomic E-state index is -4.55. The quantitative estimate of drug-likeness (QED) is 0.590. The number of alkyl halides is 3. The van der Waals surface area contributed by atoms with Crippen molar-refractivity contribution in [3.8, 4) is 5.75 Å². The number of halogens is 3. The molecule has 2 N–H and O–H groups in total. The zero-order valence-electron chi connectivity index (χ0n) is 16.2. The summed E-state index contributed by atoms with van der Waals surface area (Å²) in [5.41, 5.74) is -0.271. The summed E-state index contributed by atoms with van der Waals surface area (Å²) >= 11 is 0. The Hall–Kier alpha value is -1.73. The Morgan fingerprint density at radius 3 is 2.44 bits per heavy atom. The van der Waals surface area contributed by atoms with Gasteiger partial charge in [-0.2, -0.15) is 13.2 Å². The summed E-state index contributed by atoms with van der Waals surface area (Å²) in [6.07, 6.45) is -4.55. The standard InChI is InChI=1S/C16H20F3N3O4.Li.H/c1-21-4-6-22(7-5-21)9-14(23)20-12-8-11(15(24)25)2-3-13(12)26-10-16(17,18)19;;/h2-3,8H,4-7,9-10H2,1H3,(H,20,23)(H,24,25);;/q;+1;-1. The maximum atomic E-state index is 12.4. The normalized spacial score (nSPS) is 15.7. The van der Waals surface area contributed by atoms with Gasteiger partial charge in [0.25, 0.3) is 0 Å². The largest absolute Gasteiger partial charge is 1.00 e. The zero-order valence-corrected chi connectivity index (χ0v) is 15.2. The Bertz CT molecular complexity index is 671. The molecule has 1 aliphatic rings. The molecule has 1 heterocycles. The number of benzene rings is 1. The third kappa shape index (κ3) is 7.80. The first-order valence-electron chi connectivity index (χ1n) is 7.92. The van der Waals surface area contributed by atoms with Crippen molar-refractivity contribution in [2.75, 3.05) is 51.7 Å². The van der Waals surface area contributed by atoms with Gasteiger partial charge in [0, 0.05) is 26.2 Å². The van der Waals surface area contributed by atoms with Crippen molar-refractivity contribution in [1.29, 1.82) is 0 Å². The first-order chi connectivity index (χ1) is 12.1. The van der Waals surface area contributed by atoms with Crippen LogP contribution in [0.2, 0.25) is 0 Å². The molecule has 0 radical (unpaired) electrons.